The minimum Gasteiger partial charge on any atom is -0.484 e. The number of aryl methyl sites for hydroxylation is 1. The Morgan fingerprint density at radius 1 is 1.12 bits per heavy atom. The predicted octanol–water partition coefficient (Wildman–Crippen LogP) is 3.97. The zero-order valence-corrected chi connectivity index (χ0v) is 14.3. The molecule has 3 aromatic rings. The fourth-order valence-corrected chi connectivity index (χ4v) is 2.21. The van der Waals surface area contributed by atoms with Crippen molar-refractivity contribution in [2.75, 3.05) is 11.9 Å². The van der Waals surface area contributed by atoms with Gasteiger partial charge in [-0.15, -0.1) is 10.2 Å². The molecule has 0 fully saturated rings. The lowest BCUT2D eigenvalue weighted by Gasteiger charge is -2.08. The molecule has 1 aromatic heterocycles. The number of nitrogens with one attached hydrogen (secondary N) is 1. The summed E-state index contributed by atoms with van der Waals surface area (Å²) in [7, 11) is 0. The molecule has 128 valence electrons. The minimum absolute atomic E-state index is 0.0947. The molecule has 0 saturated carbocycles. The molecule has 0 radical (unpaired) electrons. The molecule has 0 aliphatic heterocycles. The van der Waals surface area contributed by atoms with Gasteiger partial charge in [0.25, 0.3) is 5.91 Å². The third-order valence-electron chi connectivity index (χ3n) is 3.37. The number of rotatable bonds is 6. The summed E-state index contributed by atoms with van der Waals surface area (Å²) in [4.78, 5) is 11.9. The lowest BCUT2D eigenvalue weighted by Crippen LogP contribution is -2.20. The molecule has 0 unspecified atom stereocenters. The van der Waals surface area contributed by atoms with Crippen molar-refractivity contribution in [3.8, 4) is 17.2 Å². The lowest BCUT2D eigenvalue weighted by atomic mass is 10.2. The molecule has 0 bridgehead atoms. The van der Waals surface area contributed by atoms with Crippen LogP contribution in [0, 0.1) is 0 Å². The quantitative estimate of drug-likeness (QED) is 0.722. The normalized spacial score (nSPS) is 10.5. The summed E-state index contributed by atoms with van der Waals surface area (Å²) in [5, 5.41) is 11.3. The summed E-state index contributed by atoms with van der Waals surface area (Å²) in [6.07, 6.45) is 0.691. The molecule has 25 heavy (non-hydrogen) atoms. The van der Waals surface area contributed by atoms with Crippen LogP contribution in [-0.4, -0.2) is 22.7 Å². The Bertz CT molecular complexity index is 845. The van der Waals surface area contributed by atoms with E-state index in [0.717, 1.165) is 5.56 Å². The van der Waals surface area contributed by atoms with Gasteiger partial charge in [-0.05, 0) is 48.5 Å². The number of carbonyl (C=O) groups excluding carboxylic acids is 1. The summed E-state index contributed by atoms with van der Waals surface area (Å²) < 4.78 is 11.0. The Labute approximate surface area is 149 Å². The summed E-state index contributed by atoms with van der Waals surface area (Å²) in [5.74, 6) is 1.37. The van der Waals surface area contributed by atoms with E-state index < -0.39 is 0 Å². The number of aromatic nitrogens is 2. The first-order valence-electron chi connectivity index (χ1n) is 7.75. The van der Waals surface area contributed by atoms with Crippen LogP contribution in [0.15, 0.2) is 52.9 Å². The van der Waals surface area contributed by atoms with Crippen molar-refractivity contribution in [1.29, 1.82) is 0 Å². The molecule has 2 aromatic carbocycles. The van der Waals surface area contributed by atoms with E-state index in [9.17, 15) is 4.79 Å². The molecule has 0 aliphatic rings. The average Bonchev–Trinajstić information content (AvgIpc) is 3.12. The van der Waals surface area contributed by atoms with Gasteiger partial charge in [-0.25, -0.2) is 0 Å². The van der Waals surface area contributed by atoms with Gasteiger partial charge in [0.1, 0.15) is 5.75 Å². The van der Waals surface area contributed by atoms with Gasteiger partial charge < -0.3 is 14.5 Å². The molecule has 7 heteroatoms. The van der Waals surface area contributed by atoms with Crippen LogP contribution in [0.3, 0.4) is 0 Å². The van der Waals surface area contributed by atoms with Crippen LogP contribution < -0.4 is 10.1 Å². The Morgan fingerprint density at radius 2 is 1.84 bits per heavy atom. The minimum atomic E-state index is -0.254. The molecule has 1 heterocycles. The molecular formula is C18H16ClN3O3. The van der Waals surface area contributed by atoms with Crippen molar-refractivity contribution in [1.82, 2.24) is 10.2 Å². The molecule has 0 saturated heterocycles. The standard InChI is InChI=1S/C18H16ClN3O3/c1-2-17-21-22-18(25-17)12-3-9-15(10-4-12)24-11-16(23)20-14-7-5-13(19)6-8-14/h3-10H,2,11H2,1H3,(H,20,23). The number of ether oxygens (including phenoxy) is 1. The second-order valence-corrected chi connectivity index (χ2v) is 5.66. The Kier molecular flexibility index (Phi) is 5.30. The topological polar surface area (TPSA) is 77.2 Å². The number of amides is 1. The molecule has 1 amide bonds. The van der Waals surface area contributed by atoms with Crippen LogP contribution in [0.25, 0.3) is 11.5 Å². The third kappa shape index (κ3) is 4.58. The van der Waals surface area contributed by atoms with Crippen LogP contribution in [-0.2, 0) is 11.2 Å². The van der Waals surface area contributed by atoms with Crippen molar-refractivity contribution in [2.24, 2.45) is 0 Å². The van der Waals surface area contributed by atoms with Crippen LogP contribution in [0.5, 0.6) is 5.75 Å². The van der Waals surface area contributed by atoms with Crippen molar-refractivity contribution < 1.29 is 13.9 Å². The number of anilines is 1. The van der Waals surface area contributed by atoms with E-state index in [1.165, 1.54) is 0 Å². The molecule has 0 spiro atoms. The van der Waals surface area contributed by atoms with Crippen LogP contribution >= 0.6 is 11.6 Å². The van der Waals surface area contributed by atoms with Gasteiger partial charge in [-0.2, -0.15) is 0 Å². The van der Waals surface area contributed by atoms with Gasteiger partial charge in [-0.1, -0.05) is 18.5 Å². The maximum atomic E-state index is 11.9. The lowest BCUT2D eigenvalue weighted by molar-refractivity contribution is -0.118. The van der Waals surface area contributed by atoms with E-state index in [4.69, 9.17) is 20.8 Å². The van der Waals surface area contributed by atoms with Gasteiger partial charge in [0, 0.05) is 22.7 Å². The zero-order valence-electron chi connectivity index (χ0n) is 13.5. The van der Waals surface area contributed by atoms with Gasteiger partial charge in [0.2, 0.25) is 11.8 Å². The highest BCUT2D eigenvalue weighted by Crippen LogP contribution is 2.21. The average molecular weight is 358 g/mol. The van der Waals surface area contributed by atoms with E-state index in [2.05, 4.69) is 15.5 Å². The molecule has 6 nitrogen and oxygen atoms in total. The van der Waals surface area contributed by atoms with Gasteiger partial charge in [0.15, 0.2) is 6.61 Å². The molecule has 0 aliphatic carbocycles. The summed E-state index contributed by atoms with van der Waals surface area (Å²) in [6.45, 7) is 1.85. The van der Waals surface area contributed by atoms with Gasteiger partial charge in [0.05, 0.1) is 0 Å². The smallest absolute Gasteiger partial charge is 0.262 e. The fourth-order valence-electron chi connectivity index (χ4n) is 2.09. The van der Waals surface area contributed by atoms with E-state index in [1.807, 2.05) is 6.92 Å². The predicted molar refractivity (Wildman–Crippen MR) is 94.7 cm³/mol. The van der Waals surface area contributed by atoms with Crippen molar-refractivity contribution in [3.05, 3.63) is 59.4 Å². The van der Waals surface area contributed by atoms with Gasteiger partial charge >= 0.3 is 0 Å². The highest BCUT2D eigenvalue weighted by atomic mass is 35.5. The molecular weight excluding hydrogens is 342 g/mol. The maximum absolute atomic E-state index is 11.9. The summed E-state index contributed by atoms with van der Waals surface area (Å²) in [5.41, 5.74) is 1.46. The fraction of sp³-hybridized carbons (Fsp3) is 0.167. The first kappa shape index (κ1) is 17.0. The third-order valence-corrected chi connectivity index (χ3v) is 3.62. The zero-order chi connectivity index (χ0) is 17.6. The van der Waals surface area contributed by atoms with Crippen LogP contribution in [0.4, 0.5) is 5.69 Å². The Balaban J connectivity index is 1.54. The van der Waals surface area contributed by atoms with Crippen LogP contribution in [0.2, 0.25) is 5.02 Å². The molecule has 3 rings (SSSR count). The second kappa shape index (κ2) is 7.81. The number of hydrogen-bond acceptors (Lipinski definition) is 5. The van der Waals surface area contributed by atoms with E-state index in [1.54, 1.807) is 48.5 Å². The molecule has 1 N–H and O–H groups in total. The Hall–Kier alpha value is -2.86. The van der Waals surface area contributed by atoms with Gasteiger partial charge in [-0.3, -0.25) is 4.79 Å². The highest BCUT2D eigenvalue weighted by Gasteiger charge is 2.08. The van der Waals surface area contributed by atoms with Crippen molar-refractivity contribution in [2.45, 2.75) is 13.3 Å². The van der Waals surface area contributed by atoms with E-state index in [-0.39, 0.29) is 12.5 Å². The summed E-state index contributed by atoms with van der Waals surface area (Å²) in [6, 6.07) is 14.0. The number of carbonyl (C=O) groups is 1. The van der Waals surface area contributed by atoms with Crippen molar-refractivity contribution >= 4 is 23.2 Å². The van der Waals surface area contributed by atoms with Crippen molar-refractivity contribution in [3.63, 3.8) is 0 Å². The monoisotopic (exact) mass is 357 g/mol. The second-order valence-electron chi connectivity index (χ2n) is 5.22. The maximum Gasteiger partial charge on any atom is 0.262 e. The number of benzene rings is 2. The SMILES string of the molecule is CCc1nnc(-c2ccc(OCC(=O)Nc3ccc(Cl)cc3)cc2)o1. The number of hydrogen-bond donors (Lipinski definition) is 1. The first-order chi connectivity index (χ1) is 12.1. The molecule has 0 atom stereocenters. The van der Waals surface area contributed by atoms with E-state index >= 15 is 0 Å². The highest BCUT2D eigenvalue weighted by molar-refractivity contribution is 6.30. The van der Waals surface area contributed by atoms with Crippen LogP contribution in [0.1, 0.15) is 12.8 Å². The number of nitrogens with zero attached hydrogens (tertiary/aromatic N) is 2. The van der Waals surface area contributed by atoms with E-state index in [0.29, 0.717) is 34.7 Å². The first-order valence-corrected chi connectivity index (χ1v) is 8.13. The largest absolute Gasteiger partial charge is 0.484 e. The summed E-state index contributed by atoms with van der Waals surface area (Å²) >= 11 is 5.80. The Morgan fingerprint density at radius 3 is 2.48 bits per heavy atom. The number of halogens is 1.